The van der Waals surface area contributed by atoms with E-state index in [0.717, 1.165) is 0 Å². The molecule has 5 N–H and O–H groups in total. The van der Waals surface area contributed by atoms with Crippen LogP contribution in [-0.2, 0) is 9.47 Å². The van der Waals surface area contributed by atoms with E-state index < -0.39 is 30.7 Å². The quantitative estimate of drug-likeness (QED) is 0.357. The van der Waals surface area contributed by atoms with Crippen LogP contribution in [-0.4, -0.2) is 76.1 Å². The van der Waals surface area contributed by atoms with E-state index in [1.165, 1.54) is 0 Å². The molecule has 1 fully saturated rings. The summed E-state index contributed by atoms with van der Waals surface area (Å²) in [5.41, 5.74) is 0. The van der Waals surface area contributed by atoms with Gasteiger partial charge in [-0.05, 0) is 12.8 Å². The van der Waals surface area contributed by atoms with E-state index in [-0.39, 0.29) is 19.8 Å². The molecule has 5 atom stereocenters. The van der Waals surface area contributed by atoms with E-state index >= 15 is 0 Å². The second-order valence-electron chi connectivity index (χ2n) is 4.10. The van der Waals surface area contributed by atoms with Crippen LogP contribution in [0.5, 0.6) is 0 Å². The lowest BCUT2D eigenvalue weighted by atomic mass is 10.1. The van der Waals surface area contributed by atoms with Crippen LogP contribution in [0.2, 0.25) is 0 Å². The van der Waals surface area contributed by atoms with E-state index in [2.05, 4.69) is 0 Å². The molecule has 7 heteroatoms. The van der Waals surface area contributed by atoms with Crippen LogP contribution in [0.15, 0.2) is 0 Å². The van der Waals surface area contributed by atoms with Crippen molar-refractivity contribution >= 4 is 0 Å². The third-order valence-electron chi connectivity index (χ3n) is 2.60. The Morgan fingerprint density at radius 3 is 2.59 bits per heavy atom. The standard InChI is InChI=1S/C10H20O7/c11-3-1-2-6(12)4-16-10-9(15)8(14)7(13)5-17-10/h6-15H,1-5H2/t6?,7-,8?,9?,10+/m1/s1. The van der Waals surface area contributed by atoms with Crippen molar-refractivity contribution in [3.05, 3.63) is 0 Å². The number of aliphatic hydroxyl groups excluding tert-OH is 5. The molecule has 17 heavy (non-hydrogen) atoms. The fourth-order valence-corrected chi connectivity index (χ4v) is 1.54. The molecular formula is C10H20O7. The molecule has 0 saturated carbocycles. The van der Waals surface area contributed by atoms with Crippen molar-refractivity contribution in [1.29, 1.82) is 0 Å². The number of ether oxygens (including phenoxy) is 2. The molecule has 0 bridgehead atoms. The van der Waals surface area contributed by atoms with Gasteiger partial charge in [0.2, 0.25) is 0 Å². The maximum Gasteiger partial charge on any atom is 0.186 e. The van der Waals surface area contributed by atoms with Gasteiger partial charge in [-0.1, -0.05) is 0 Å². The van der Waals surface area contributed by atoms with Crippen molar-refractivity contribution < 1.29 is 35.0 Å². The third kappa shape index (κ3) is 4.47. The Balaban J connectivity index is 2.27. The van der Waals surface area contributed by atoms with Crippen molar-refractivity contribution in [2.45, 2.75) is 43.5 Å². The number of aliphatic hydroxyl groups is 5. The van der Waals surface area contributed by atoms with Gasteiger partial charge in [0.25, 0.3) is 0 Å². The minimum atomic E-state index is -1.34. The highest BCUT2D eigenvalue weighted by Gasteiger charge is 2.38. The van der Waals surface area contributed by atoms with E-state index in [1.54, 1.807) is 0 Å². The zero-order chi connectivity index (χ0) is 12.8. The Bertz CT molecular complexity index is 213. The van der Waals surface area contributed by atoms with Crippen LogP contribution in [0.4, 0.5) is 0 Å². The number of hydrogen-bond acceptors (Lipinski definition) is 7. The SMILES string of the molecule is OCCCC(O)CO[C@H]1OC[C@@H](O)C(O)C1O. The molecule has 7 nitrogen and oxygen atoms in total. The van der Waals surface area contributed by atoms with Crippen LogP contribution in [0.3, 0.4) is 0 Å². The van der Waals surface area contributed by atoms with Gasteiger partial charge in [0.1, 0.15) is 18.3 Å². The Morgan fingerprint density at radius 2 is 1.94 bits per heavy atom. The predicted molar refractivity (Wildman–Crippen MR) is 56.0 cm³/mol. The monoisotopic (exact) mass is 252 g/mol. The molecule has 1 rings (SSSR count). The summed E-state index contributed by atoms with van der Waals surface area (Å²) < 4.78 is 10.1. The van der Waals surface area contributed by atoms with Crippen molar-refractivity contribution in [3.63, 3.8) is 0 Å². The molecule has 0 spiro atoms. The fourth-order valence-electron chi connectivity index (χ4n) is 1.54. The summed E-state index contributed by atoms with van der Waals surface area (Å²) in [6, 6.07) is 0. The molecule has 0 amide bonds. The van der Waals surface area contributed by atoms with Crippen molar-refractivity contribution in [1.82, 2.24) is 0 Å². The van der Waals surface area contributed by atoms with E-state index in [0.29, 0.717) is 12.8 Å². The van der Waals surface area contributed by atoms with Gasteiger partial charge in [0.15, 0.2) is 6.29 Å². The van der Waals surface area contributed by atoms with E-state index in [4.69, 9.17) is 14.6 Å². The van der Waals surface area contributed by atoms with Crippen molar-refractivity contribution in [2.75, 3.05) is 19.8 Å². The Morgan fingerprint density at radius 1 is 1.24 bits per heavy atom. The lowest BCUT2D eigenvalue weighted by molar-refractivity contribution is -0.274. The highest BCUT2D eigenvalue weighted by Crippen LogP contribution is 2.17. The first-order valence-corrected chi connectivity index (χ1v) is 5.62. The summed E-state index contributed by atoms with van der Waals surface area (Å²) in [7, 11) is 0. The van der Waals surface area contributed by atoms with Crippen LogP contribution < -0.4 is 0 Å². The van der Waals surface area contributed by atoms with Gasteiger partial charge in [0.05, 0.1) is 19.3 Å². The van der Waals surface area contributed by atoms with Gasteiger partial charge in [0, 0.05) is 6.61 Å². The van der Waals surface area contributed by atoms with Crippen LogP contribution in [0.1, 0.15) is 12.8 Å². The largest absolute Gasteiger partial charge is 0.396 e. The maximum absolute atomic E-state index is 9.52. The molecule has 1 aliphatic rings. The second-order valence-corrected chi connectivity index (χ2v) is 4.10. The lowest BCUT2D eigenvalue weighted by Gasteiger charge is -2.35. The lowest BCUT2D eigenvalue weighted by Crippen LogP contribution is -2.54. The summed E-state index contributed by atoms with van der Waals surface area (Å²) >= 11 is 0. The maximum atomic E-state index is 9.52. The first-order chi connectivity index (χ1) is 8.06. The molecule has 3 unspecified atom stereocenters. The van der Waals surface area contributed by atoms with Gasteiger partial charge in [-0.25, -0.2) is 0 Å². The first-order valence-electron chi connectivity index (χ1n) is 5.62. The summed E-state index contributed by atoms with van der Waals surface area (Å²) in [5, 5.41) is 46.1. The Hall–Kier alpha value is -0.280. The molecule has 1 aliphatic heterocycles. The fraction of sp³-hybridized carbons (Fsp3) is 1.00. The average Bonchev–Trinajstić information content (AvgIpc) is 2.32. The zero-order valence-corrected chi connectivity index (χ0v) is 9.47. The molecule has 0 radical (unpaired) electrons. The summed E-state index contributed by atoms with van der Waals surface area (Å²) in [5.74, 6) is 0. The molecule has 1 heterocycles. The molecule has 102 valence electrons. The van der Waals surface area contributed by atoms with Gasteiger partial charge < -0.3 is 35.0 Å². The van der Waals surface area contributed by atoms with E-state index in [1.807, 2.05) is 0 Å². The molecule has 1 saturated heterocycles. The summed E-state index contributed by atoms with van der Waals surface area (Å²) in [6.45, 7) is -0.204. The molecule has 0 aromatic carbocycles. The normalized spacial score (nSPS) is 35.8. The summed E-state index contributed by atoms with van der Waals surface area (Å²) in [6.07, 6.45) is -4.78. The highest BCUT2D eigenvalue weighted by atomic mass is 16.7. The predicted octanol–water partition coefficient (Wildman–Crippen LogP) is -2.42. The van der Waals surface area contributed by atoms with Gasteiger partial charge in [-0.3, -0.25) is 0 Å². The molecule has 0 aromatic heterocycles. The smallest absolute Gasteiger partial charge is 0.186 e. The number of rotatable bonds is 6. The van der Waals surface area contributed by atoms with Crippen molar-refractivity contribution in [2.24, 2.45) is 0 Å². The Kier molecular flexibility index (Phi) is 6.28. The minimum Gasteiger partial charge on any atom is -0.396 e. The average molecular weight is 252 g/mol. The minimum absolute atomic E-state index is 0.00940. The Labute approximate surface area is 99.2 Å². The van der Waals surface area contributed by atoms with Gasteiger partial charge in [-0.2, -0.15) is 0 Å². The highest BCUT2D eigenvalue weighted by molar-refractivity contribution is 4.82. The van der Waals surface area contributed by atoms with Crippen LogP contribution in [0.25, 0.3) is 0 Å². The molecule has 0 aromatic rings. The van der Waals surface area contributed by atoms with Crippen LogP contribution in [0, 0.1) is 0 Å². The topological polar surface area (TPSA) is 120 Å². The summed E-state index contributed by atoms with van der Waals surface area (Å²) in [4.78, 5) is 0. The number of hydrogen-bond donors (Lipinski definition) is 5. The first kappa shape index (κ1) is 14.8. The third-order valence-corrected chi connectivity index (χ3v) is 2.60. The van der Waals surface area contributed by atoms with Crippen molar-refractivity contribution in [3.8, 4) is 0 Å². The molecular weight excluding hydrogens is 232 g/mol. The molecule has 0 aliphatic carbocycles. The second kappa shape index (κ2) is 7.22. The van der Waals surface area contributed by atoms with E-state index in [9.17, 15) is 20.4 Å². The van der Waals surface area contributed by atoms with Gasteiger partial charge in [-0.15, -0.1) is 0 Å². The van der Waals surface area contributed by atoms with Gasteiger partial charge >= 0.3 is 0 Å². The zero-order valence-electron chi connectivity index (χ0n) is 9.47. The van der Waals surface area contributed by atoms with Crippen LogP contribution >= 0.6 is 0 Å².